The van der Waals surface area contributed by atoms with Crippen molar-refractivity contribution in [3.63, 3.8) is 0 Å². The molecule has 1 aromatic rings. The molecule has 1 aliphatic heterocycles. The zero-order valence-corrected chi connectivity index (χ0v) is 12.2. The summed E-state index contributed by atoms with van der Waals surface area (Å²) in [5, 5.41) is 2.96. The molecule has 1 aromatic carbocycles. The molecule has 0 aromatic heterocycles. The van der Waals surface area contributed by atoms with Crippen molar-refractivity contribution in [2.24, 2.45) is 0 Å². The fourth-order valence-electron chi connectivity index (χ4n) is 2.14. The first-order chi connectivity index (χ1) is 9.70. The van der Waals surface area contributed by atoms with Crippen molar-refractivity contribution in [3.05, 3.63) is 29.8 Å². The van der Waals surface area contributed by atoms with Crippen LogP contribution in [0.5, 0.6) is 5.75 Å². The number of rotatable bonds is 6. The van der Waals surface area contributed by atoms with Crippen LogP contribution in [0, 0.1) is 0 Å². The van der Waals surface area contributed by atoms with E-state index < -0.39 is 0 Å². The first-order valence-electron chi connectivity index (χ1n) is 7.35. The second kappa shape index (κ2) is 7.29. The molecule has 1 aliphatic rings. The van der Waals surface area contributed by atoms with Crippen LogP contribution in [0.15, 0.2) is 24.3 Å². The number of carbonyl (C=O) groups excluding carboxylic acids is 1. The van der Waals surface area contributed by atoms with Crippen molar-refractivity contribution in [3.8, 4) is 5.75 Å². The Hall–Kier alpha value is -1.55. The third-order valence-corrected chi connectivity index (χ3v) is 3.57. The second-order valence-electron chi connectivity index (χ2n) is 5.22. The summed E-state index contributed by atoms with van der Waals surface area (Å²) in [5.41, 5.74) is 0.589. The summed E-state index contributed by atoms with van der Waals surface area (Å²) in [4.78, 5) is 12.2. The topological polar surface area (TPSA) is 47.6 Å². The van der Waals surface area contributed by atoms with Gasteiger partial charge in [-0.2, -0.15) is 0 Å². The first kappa shape index (κ1) is 14.9. The smallest absolute Gasteiger partial charge is 0.255 e. The van der Waals surface area contributed by atoms with Gasteiger partial charge in [-0.3, -0.25) is 4.79 Å². The molecule has 0 unspecified atom stereocenters. The highest BCUT2D eigenvalue weighted by Crippen LogP contribution is 2.20. The van der Waals surface area contributed by atoms with E-state index in [1.54, 1.807) is 6.07 Å². The minimum absolute atomic E-state index is 0.0812. The first-order valence-corrected chi connectivity index (χ1v) is 7.35. The van der Waals surface area contributed by atoms with E-state index in [0.717, 1.165) is 25.9 Å². The van der Waals surface area contributed by atoms with Gasteiger partial charge in [0.1, 0.15) is 12.4 Å². The molecule has 4 heteroatoms. The summed E-state index contributed by atoms with van der Waals surface area (Å²) in [7, 11) is 0. The van der Waals surface area contributed by atoms with E-state index >= 15 is 0 Å². The molecule has 110 valence electrons. The average Bonchev–Trinajstić information content (AvgIpc) is 2.98. The molecule has 1 heterocycles. The summed E-state index contributed by atoms with van der Waals surface area (Å²) in [5.74, 6) is 0.547. The van der Waals surface area contributed by atoms with Crippen LogP contribution in [0.25, 0.3) is 0 Å². The molecule has 0 bridgehead atoms. The zero-order chi connectivity index (χ0) is 14.4. The fourth-order valence-corrected chi connectivity index (χ4v) is 2.14. The summed E-state index contributed by atoms with van der Waals surface area (Å²) < 4.78 is 11.3. The molecule has 1 amide bonds. The average molecular weight is 277 g/mol. The molecular formula is C16H23NO3. The van der Waals surface area contributed by atoms with Crippen molar-refractivity contribution in [1.29, 1.82) is 0 Å². The lowest BCUT2D eigenvalue weighted by atomic mass is 10.1. The molecule has 0 aliphatic carbocycles. The molecule has 0 radical (unpaired) electrons. The minimum atomic E-state index is -0.0812. The van der Waals surface area contributed by atoms with Gasteiger partial charge in [0.2, 0.25) is 0 Å². The molecule has 0 saturated carbocycles. The summed E-state index contributed by atoms with van der Waals surface area (Å²) in [6.07, 6.45) is 3.18. The number of para-hydroxylation sites is 1. The van der Waals surface area contributed by atoms with Crippen LogP contribution in [-0.2, 0) is 4.74 Å². The van der Waals surface area contributed by atoms with Gasteiger partial charge < -0.3 is 14.8 Å². The van der Waals surface area contributed by atoms with Crippen molar-refractivity contribution in [2.75, 3.05) is 13.2 Å². The highest BCUT2D eigenvalue weighted by atomic mass is 16.5. The van der Waals surface area contributed by atoms with Crippen LogP contribution in [0.3, 0.4) is 0 Å². The Morgan fingerprint density at radius 3 is 3.00 bits per heavy atom. The van der Waals surface area contributed by atoms with Crippen molar-refractivity contribution in [1.82, 2.24) is 5.32 Å². The third kappa shape index (κ3) is 3.97. The second-order valence-corrected chi connectivity index (χ2v) is 5.22. The van der Waals surface area contributed by atoms with Gasteiger partial charge in [-0.25, -0.2) is 0 Å². The van der Waals surface area contributed by atoms with Crippen LogP contribution in [0.2, 0.25) is 0 Å². The van der Waals surface area contributed by atoms with Crippen molar-refractivity contribution < 1.29 is 14.3 Å². The van der Waals surface area contributed by atoms with Gasteiger partial charge in [0.05, 0.1) is 11.7 Å². The third-order valence-electron chi connectivity index (χ3n) is 3.57. The van der Waals surface area contributed by atoms with Gasteiger partial charge in [0, 0.05) is 12.6 Å². The molecule has 0 spiro atoms. The maximum atomic E-state index is 12.2. The van der Waals surface area contributed by atoms with Gasteiger partial charge in [-0.05, 0) is 38.3 Å². The lowest BCUT2D eigenvalue weighted by molar-refractivity contribution is 0.0670. The molecule has 2 atom stereocenters. The Labute approximate surface area is 120 Å². The van der Waals surface area contributed by atoms with E-state index in [1.165, 1.54) is 0 Å². The predicted molar refractivity (Wildman–Crippen MR) is 78.1 cm³/mol. The van der Waals surface area contributed by atoms with Gasteiger partial charge >= 0.3 is 0 Å². The lowest BCUT2D eigenvalue weighted by Crippen LogP contribution is -2.32. The SMILES string of the molecule is CC[C@H](C)NC(=O)c1ccccc1OC[C@H]1CCCO1. The number of amides is 1. The molecule has 1 N–H and O–H groups in total. The number of benzene rings is 1. The van der Waals surface area contributed by atoms with E-state index in [-0.39, 0.29) is 18.1 Å². The molecule has 4 nitrogen and oxygen atoms in total. The molecule has 2 rings (SSSR count). The predicted octanol–water partition coefficient (Wildman–Crippen LogP) is 2.77. The Kier molecular flexibility index (Phi) is 5.41. The van der Waals surface area contributed by atoms with Crippen LogP contribution >= 0.6 is 0 Å². The van der Waals surface area contributed by atoms with E-state index in [1.807, 2.05) is 32.0 Å². The number of nitrogens with one attached hydrogen (secondary N) is 1. The Bertz CT molecular complexity index is 441. The molecule has 20 heavy (non-hydrogen) atoms. The number of hydrogen-bond acceptors (Lipinski definition) is 3. The monoisotopic (exact) mass is 277 g/mol. The van der Waals surface area contributed by atoms with Gasteiger partial charge in [0.25, 0.3) is 5.91 Å². The van der Waals surface area contributed by atoms with Crippen molar-refractivity contribution in [2.45, 2.75) is 45.3 Å². The Balaban J connectivity index is 1.99. The van der Waals surface area contributed by atoms with Crippen LogP contribution in [0.1, 0.15) is 43.5 Å². The summed E-state index contributed by atoms with van der Waals surface area (Å²) in [6.45, 7) is 5.36. The zero-order valence-electron chi connectivity index (χ0n) is 12.2. The number of carbonyl (C=O) groups is 1. The van der Waals surface area contributed by atoms with Gasteiger partial charge in [0.15, 0.2) is 0 Å². The van der Waals surface area contributed by atoms with Crippen LogP contribution in [0.4, 0.5) is 0 Å². The fraction of sp³-hybridized carbons (Fsp3) is 0.562. The highest BCUT2D eigenvalue weighted by Gasteiger charge is 2.18. The number of hydrogen-bond donors (Lipinski definition) is 1. The molecular weight excluding hydrogens is 254 g/mol. The maximum Gasteiger partial charge on any atom is 0.255 e. The van der Waals surface area contributed by atoms with Crippen molar-refractivity contribution >= 4 is 5.91 Å². The number of ether oxygens (including phenoxy) is 2. The Morgan fingerprint density at radius 1 is 1.50 bits per heavy atom. The Morgan fingerprint density at radius 2 is 2.30 bits per heavy atom. The largest absolute Gasteiger partial charge is 0.490 e. The summed E-state index contributed by atoms with van der Waals surface area (Å²) in [6, 6.07) is 7.52. The van der Waals surface area contributed by atoms with Crippen LogP contribution in [-0.4, -0.2) is 31.3 Å². The standard InChI is InChI=1S/C16H23NO3/c1-3-12(2)17-16(18)14-8-4-5-9-15(14)20-11-13-7-6-10-19-13/h4-5,8-9,12-13H,3,6-7,10-11H2,1-2H3,(H,17,18)/t12-,13+/m0/s1. The minimum Gasteiger partial charge on any atom is -0.490 e. The van der Waals surface area contributed by atoms with Gasteiger partial charge in [-0.15, -0.1) is 0 Å². The molecule has 1 saturated heterocycles. The normalized spacial score (nSPS) is 19.6. The van der Waals surface area contributed by atoms with E-state index in [9.17, 15) is 4.79 Å². The summed E-state index contributed by atoms with van der Waals surface area (Å²) >= 11 is 0. The van der Waals surface area contributed by atoms with Crippen LogP contribution < -0.4 is 10.1 Å². The van der Waals surface area contributed by atoms with E-state index in [0.29, 0.717) is 17.9 Å². The maximum absolute atomic E-state index is 12.2. The molecule has 1 fully saturated rings. The van der Waals surface area contributed by atoms with E-state index in [4.69, 9.17) is 9.47 Å². The highest BCUT2D eigenvalue weighted by molar-refractivity contribution is 5.97. The van der Waals surface area contributed by atoms with E-state index in [2.05, 4.69) is 5.32 Å². The van der Waals surface area contributed by atoms with Gasteiger partial charge in [-0.1, -0.05) is 19.1 Å². The lowest BCUT2D eigenvalue weighted by Gasteiger charge is -2.16. The quantitative estimate of drug-likeness (QED) is 0.869.